The van der Waals surface area contributed by atoms with Gasteiger partial charge in [-0.1, -0.05) is 6.07 Å². The van der Waals surface area contributed by atoms with Crippen molar-refractivity contribution in [2.24, 2.45) is 0 Å². The van der Waals surface area contributed by atoms with Gasteiger partial charge in [0.05, 0.1) is 0 Å². The van der Waals surface area contributed by atoms with Crippen molar-refractivity contribution in [3.8, 4) is 0 Å². The van der Waals surface area contributed by atoms with Crippen LogP contribution in [0, 0.1) is 0 Å². The first kappa shape index (κ1) is 11.6. The Labute approximate surface area is 85.1 Å². The lowest BCUT2D eigenvalue weighted by molar-refractivity contribution is 0.0690. The SMILES string of the molecule is O=C(O)c1ncccc1/C=C/P(=O)(O)O. The summed E-state index contributed by atoms with van der Waals surface area (Å²) in [6.45, 7) is 0. The Balaban J connectivity index is 3.10. The van der Waals surface area contributed by atoms with Crippen LogP contribution in [0.3, 0.4) is 0 Å². The van der Waals surface area contributed by atoms with Gasteiger partial charge in [0.1, 0.15) is 0 Å². The number of carbonyl (C=O) groups is 1. The predicted molar refractivity (Wildman–Crippen MR) is 52.3 cm³/mol. The average molecular weight is 229 g/mol. The van der Waals surface area contributed by atoms with Crippen LogP contribution < -0.4 is 0 Å². The molecule has 0 aromatic carbocycles. The second-order valence-corrected chi connectivity index (χ2v) is 4.13. The second kappa shape index (κ2) is 4.35. The van der Waals surface area contributed by atoms with Gasteiger partial charge in [0.25, 0.3) is 0 Å². The number of aromatic nitrogens is 1. The number of pyridine rings is 1. The fraction of sp³-hybridized carbons (Fsp3) is 0. The van der Waals surface area contributed by atoms with Gasteiger partial charge in [-0.25, -0.2) is 9.78 Å². The van der Waals surface area contributed by atoms with Crippen molar-refractivity contribution in [3.05, 3.63) is 35.4 Å². The molecule has 0 fully saturated rings. The molecule has 3 N–H and O–H groups in total. The fourth-order valence-electron chi connectivity index (χ4n) is 0.908. The summed E-state index contributed by atoms with van der Waals surface area (Å²) in [6.07, 6.45) is 2.33. The molecule has 6 nitrogen and oxygen atoms in total. The van der Waals surface area contributed by atoms with Crippen LogP contribution in [0.1, 0.15) is 16.1 Å². The smallest absolute Gasteiger partial charge is 0.355 e. The third-order valence-electron chi connectivity index (χ3n) is 1.49. The Morgan fingerprint density at radius 1 is 1.47 bits per heavy atom. The molecule has 0 bridgehead atoms. The van der Waals surface area contributed by atoms with E-state index in [1.807, 2.05) is 0 Å². The number of hydrogen-bond donors (Lipinski definition) is 3. The molecule has 0 aliphatic rings. The van der Waals surface area contributed by atoms with Crippen LogP contribution in [0.2, 0.25) is 0 Å². The lowest BCUT2D eigenvalue weighted by Crippen LogP contribution is -2.02. The molecule has 0 amide bonds. The van der Waals surface area contributed by atoms with Gasteiger partial charge in [-0.05, 0) is 12.1 Å². The molecule has 1 aromatic heterocycles. The van der Waals surface area contributed by atoms with Gasteiger partial charge in [0, 0.05) is 17.6 Å². The van der Waals surface area contributed by atoms with Crippen LogP contribution in [0.5, 0.6) is 0 Å². The third-order valence-corrected chi connectivity index (χ3v) is 2.03. The molecule has 1 rings (SSSR count). The molecule has 0 saturated heterocycles. The Morgan fingerprint density at radius 3 is 2.67 bits per heavy atom. The molecule has 0 unspecified atom stereocenters. The Bertz CT molecular complexity index is 450. The van der Waals surface area contributed by atoms with Crippen molar-refractivity contribution in [2.45, 2.75) is 0 Å². The predicted octanol–water partition coefficient (Wildman–Crippen LogP) is 0.928. The van der Waals surface area contributed by atoms with Gasteiger partial charge in [0.2, 0.25) is 0 Å². The van der Waals surface area contributed by atoms with Crippen molar-refractivity contribution in [1.82, 2.24) is 4.98 Å². The van der Waals surface area contributed by atoms with Gasteiger partial charge < -0.3 is 14.9 Å². The summed E-state index contributed by atoms with van der Waals surface area (Å²) in [5.74, 6) is -0.614. The van der Waals surface area contributed by atoms with E-state index in [2.05, 4.69) is 4.98 Å². The highest BCUT2D eigenvalue weighted by Crippen LogP contribution is 2.36. The van der Waals surface area contributed by atoms with Crippen molar-refractivity contribution in [1.29, 1.82) is 0 Å². The minimum Gasteiger partial charge on any atom is -0.476 e. The summed E-state index contributed by atoms with van der Waals surface area (Å²) in [5, 5.41) is 8.70. The van der Waals surface area contributed by atoms with Crippen LogP contribution in [0.4, 0.5) is 0 Å². The van der Waals surface area contributed by atoms with Gasteiger partial charge in [-0.2, -0.15) is 0 Å². The monoisotopic (exact) mass is 229 g/mol. The normalized spacial score (nSPS) is 11.9. The highest BCUT2D eigenvalue weighted by molar-refractivity contribution is 7.55. The summed E-state index contributed by atoms with van der Waals surface area (Å²) in [5.41, 5.74) is -0.101. The molecule has 7 heteroatoms. The van der Waals surface area contributed by atoms with Crippen LogP contribution in [-0.4, -0.2) is 25.8 Å². The topological polar surface area (TPSA) is 108 Å². The summed E-state index contributed by atoms with van der Waals surface area (Å²) in [7, 11) is -4.28. The standard InChI is InChI=1S/C8H8NO5P/c10-8(11)7-6(2-1-4-9-7)3-5-15(12,13)14/h1-5H,(H,10,11)(H2,12,13,14)/b5-3+. The molecule has 0 spiro atoms. The lowest BCUT2D eigenvalue weighted by Gasteiger charge is -1.99. The van der Waals surface area contributed by atoms with E-state index in [9.17, 15) is 9.36 Å². The van der Waals surface area contributed by atoms with Crippen LogP contribution in [0.25, 0.3) is 6.08 Å². The molecule has 0 saturated carbocycles. The zero-order chi connectivity index (χ0) is 11.5. The Hall–Kier alpha value is -1.49. The minimum absolute atomic E-state index is 0.147. The number of carboxylic acid groups (broad SMARTS) is 1. The van der Waals surface area contributed by atoms with Crippen LogP contribution >= 0.6 is 7.60 Å². The van der Waals surface area contributed by atoms with Gasteiger partial charge >= 0.3 is 13.6 Å². The Morgan fingerprint density at radius 2 is 2.13 bits per heavy atom. The quantitative estimate of drug-likeness (QED) is 0.665. The third kappa shape index (κ3) is 3.63. The maximum absolute atomic E-state index is 10.7. The molecular weight excluding hydrogens is 221 g/mol. The molecule has 0 aliphatic carbocycles. The van der Waals surface area contributed by atoms with Crippen molar-refractivity contribution in [2.75, 3.05) is 0 Å². The Kier molecular flexibility index (Phi) is 3.36. The summed E-state index contributed by atoms with van der Waals surface area (Å²) >= 11 is 0. The maximum atomic E-state index is 10.7. The summed E-state index contributed by atoms with van der Waals surface area (Å²) in [4.78, 5) is 31.4. The largest absolute Gasteiger partial charge is 0.476 e. The molecule has 80 valence electrons. The minimum atomic E-state index is -4.28. The molecule has 1 aromatic rings. The molecule has 0 atom stereocenters. The maximum Gasteiger partial charge on any atom is 0.355 e. The van der Waals surface area contributed by atoms with E-state index >= 15 is 0 Å². The lowest BCUT2D eigenvalue weighted by atomic mass is 10.2. The van der Waals surface area contributed by atoms with Crippen molar-refractivity contribution in [3.63, 3.8) is 0 Å². The zero-order valence-electron chi connectivity index (χ0n) is 7.44. The summed E-state index contributed by atoms with van der Waals surface area (Å²) < 4.78 is 10.5. The van der Waals surface area contributed by atoms with E-state index in [1.54, 1.807) is 0 Å². The zero-order valence-corrected chi connectivity index (χ0v) is 8.33. The van der Waals surface area contributed by atoms with E-state index in [-0.39, 0.29) is 11.3 Å². The van der Waals surface area contributed by atoms with E-state index in [0.29, 0.717) is 5.82 Å². The number of carboxylic acids is 1. The van der Waals surface area contributed by atoms with Crippen LogP contribution in [0.15, 0.2) is 24.1 Å². The molecule has 0 radical (unpaired) electrons. The van der Waals surface area contributed by atoms with Gasteiger partial charge in [0.15, 0.2) is 5.69 Å². The number of hydrogen-bond acceptors (Lipinski definition) is 3. The van der Waals surface area contributed by atoms with E-state index < -0.39 is 13.6 Å². The van der Waals surface area contributed by atoms with E-state index in [1.165, 1.54) is 18.3 Å². The van der Waals surface area contributed by atoms with E-state index in [0.717, 1.165) is 6.08 Å². The first-order chi connectivity index (χ1) is 6.90. The number of aromatic carboxylic acids is 1. The van der Waals surface area contributed by atoms with Gasteiger partial charge in [-0.3, -0.25) is 4.57 Å². The van der Waals surface area contributed by atoms with Gasteiger partial charge in [-0.15, -0.1) is 0 Å². The first-order valence-corrected chi connectivity index (χ1v) is 5.51. The first-order valence-electron chi connectivity index (χ1n) is 3.83. The van der Waals surface area contributed by atoms with Crippen LogP contribution in [-0.2, 0) is 4.57 Å². The molecular formula is C8H8NO5P. The number of nitrogens with zero attached hydrogens (tertiary/aromatic N) is 1. The van der Waals surface area contributed by atoms with Crippen molar-refractivity contribution >= 4 is 19.6 Å². The second-order valence-electron chi connectivity index (χ2n) is 2.65. The highest BCUT2D eigenvalue weighted by Gasteiger charge is 2.11. The van der Waals surface area contributed by atoms with Crippen molar-refractivity contribution < 1.29 is 24.3 Å². The molecule has 0 aliphatic heterocycles. The average Bonchev–Trinajstić information content (AvgIpc) is 2.14. The fourth-order valence-corrected chi connectivity index (χ4v) is 1.26. The molecule has 15 heavy (non-hydrogen) atoms. The van der Waals surface area contributed by atoms with E-state index in [4.69, 9.17) is 14.9 Å². The molecule has 1 heterocycles. The summed E-state index contributed by atoms with van der Waals surface area (Å²) in [6, 6.07) is 2.88. The highest BCUT2D eigenvalue weighted by atomic mass is 31.2. The number of rotatable bonds is 3.